The molecule has 5 nitrogen and oxygen atoms in total. The fraction of sp³-hybridized carbons (Fsp3) is 0.444. The summed E-state index contributed by atoms with van der Waals surface area (Å²) in [5, 5.41) is 3.68. The normalized spacial score (nSPS) is 15.7. The van der Waals surface area contributed by atoms with E-state index in [0.717, 1.165) is 44.0 Å². The minimum atomic E-state index is 0.360. The first-order valence-electron chi connectivity index (χ1n) is 8.36. The molecule has 2 aromatic rings. The van der Waals surface area contributed by atoms with E-state index in [-0.39, 0.29) is 0 Å². The van der Waals surface area contributed by atoms with Crippen molar-refractivity contribution in [3.05, 3.63) is 41.6 Å². The zero-order valence-corrected chi connectivity index (χ0v) is 15.1. The van der Waals surface area contributed by atoms with E-state index >= 15 is 0 Å². The van der Waals surface area contributed by atoms with Gasteiger partial charge in [0.1, 0.15) is 5.82 Å². The van der Waals surface area contributed by atoms with Crippen LogP contribution in [0.5, 0.6) is 0 Å². The summed E-state index contributed by atoms with van der Waals surface area (Å²) in [7, 11) is 0. The van der Waals surface area contributed by atoms with Crippen molar-refractivity contribution < 1.29 is 0 Å². The smallest absolute Gasteiger partial charge is 0.222 e. The number of hydrogen-bond acceptors (Lipinski definition) is 6. The molecule has 2 heterocycles. The average Bonchev–Trinajstić information content (AvgIpc) is 2.60. The van der Waals surface area contributed by atoms with Gasteiger partial charge in [-0.2, -0.15) is 4.98 Å². The highest BCUT2D eigenvalue weighted by Crippen LogP contribution is 2.20. The third kappa shape index (κ3) is 4.39. The molecular weight excluding hydrogens is 318 g/mol. The van der Waals surface area contributed by atoms with E-state index in [9.17, 15) is 0 Å². The number of benzene rings is 1. The van der Waals surface area contributed by atoms with E-state index in [1.54, 1.807) is 11.8 Å². The van der Waals surface area contributed by atoms with Gasteiger partial charge in [-0.05, 0) is 43.7 Å². The zero-order valence-electron chi connectivity index (χ0n) is 14.3. The molecule has 0 unspecified atom stereocenters. The third-order valence-corrected chi connectivity index (χ3v) is 5.17. The summed E-state index contributed by atoms with van der Waals surface area (Å²) in [5.41, 5.74) is 8.03. The minimum Gasteiger partial charge on any atom is -0.368 e. The Morgan fingerprint density at radius 3 is 2.54 bits per heavy atom. The second-order valence-electron chi connectivity index (χ2n) is 6.22. The zero-order chi connectivity index (χ0) is 16.9. The van der Waals surface area contributed by atoms with Crippen molar-refractivity contribution in [2.45, 2.75) is 37.2 Å². The van der Waals surface area contributed by atoms with Crippen LogP contribution in [0.2, 0.25) is 0 Å². The summed E-state index contributed by atoms with van der Waals surface area (Å²) >= 11 is 1.78. The highest BCUT2D eigenvalue weighted by molar-refractivity contribution is 7.98. The van der Waals surface area contributed by atoms with Gasteiger partial charge in [0.05, 0.1) is 0 Å². The van der Waals surface area contributed by atoms with Crippen LogP contribution in [0.4, 0.5) is 11.8 Å². The number of nitrogens with zero attached hydrogens (tertiary/aromatic N) is 3. The van der Waals surface area contributed by atoms with E-state index in [0.29, 0.717) is 12.0 Å². The summed E-state index contributed by atoms with van der Waals surface area (Å²) in [5.74, 6) is 1.31. The van der Waals surface area contributed by atoms with Gasteiger partial charge >= 0.3 is 0 Å². The molecule has 0 radical (unpaired) electrons. The Morgan fingerprint density at radius 1 is 1.21 bits per heavy atom. The van der Waals surface area contributed by atoms with Crippen LogP contribution in [-0.4, -0.2) is 35.4 Å². The molecule has 1 aromatic heterocycles. The summed E-state index contributed by atoms with van der Waals surface area (Å²) in [6.07, 6.45) is 4.34. The Labute approximate surface area is 148 Å². The van der Waals surface area contributed by atoms with E-state index in [2.05, 4.69) is 50.7 Å². The fourth-order valence-electron chi connectivity index (χ4n) is 3.05. The van der Waals surface area contributed by atoms with E-state index in [4.69, 9.17) is 5.73 Å². The van der Waals surface area contributed by atoms with Crippen LogP contribution in [0.1, 0.15) is 24.1 Å². The Hall–Kier alpha value is -1.79. The minimum absolute atomic E-state index is 0.360. The lowest BCUT2D eigenvalue weighted by atomic mass is 10.0. The van der Waals surface area contributed by atoms with Crippen LogP contribution in [-0.2, 0) is 6.54 Å². The van der Waals surface area contributed by atoms with E-state index in [1.165, 1.54) is 10.5 Å². The Balaban J connectivity index is 1.49. The SMILES string of the molecule is CSc1ccc(CNC2CCN(c3cc(C)nc(N)n3)CC2)cc1. The van der Waals surface area contributed by atoms with Gasteiger partial charge in [-0.15, -0.1) is 11.8 Å². The molecule has 0 aliphatic carbocycles. The quantitative estimate of drug-likeness (QED) is 0.814. The van der Waals surface area contributed by atoms with Crippen LogP contribution >= 0.6 is 11.8 Å². The maximum atomic E-state index is 5.76. The van der Waals surface area contributed by atoms with Gasteiger partial charge in [0.25, 0.3) is 0 Å². The molecule has 0 saturated carbocycles. The molecule has 1 fully saturated rings. The second-order valence-corrected chi connectivity index (χ2v) is 7.10. The lowest BCUT2D eigenvalue weighted by Gasteiger charge is -2.33. The number of aromatic nitrogens is 2. The van der Waals surface area contributed by atoms with Crippen LogP contribution < -0.4 is 16.0 Å². The number of nitrogen functional groups attached to an aromatic ring is 1. The van der Waals surface area contributed by atoms with Crippen molar-refractivity contribution in [1.29, 1.82) is 0 Å². The van der Waals surface area contributed by atoms with Gasteiger partial charge < -0.3 is 16.0 Å². The predicted molar refractivity (Wildman–Crippen MR) is 101 cm³/mol. The van der Waals surface area contributed by atoms with Crippen molar-refractivity contribution in [3.8, 4) is 0 Å². The van der Waals surface area contributed by atoms with Crippen molar-refractivity contribution in [2.24, 2.45) is 0 Å². The molecule has 3 rings (SSSR count). The maximum Gasteiger partial charge on any atom is 0.222 e. The lowest BCUT2D eigenvalue weighted by molar-refractivity contribution is 0.412. The predicted octanol–water partition coefficient (Wildman–Crippen LogP) is 2.85. The van der Waals surface area contributed by atoms with Gasteiger partial charge in [-0.3, -0.25) is 0 Å². The summed E-state index contributed by atoms with van der Waals surface area (Å²) in [6, 6.07) is 11.4. The van der Waals surface area contributed by atoms with Crippen molar-refractivity contribution in [3.63, 3.8) is 0 Å². The molecule has 128 valence electrons. The standard InChI is InChI=1S/C18H25N5S/c1-13-11-17(22-18(19)21-13)23-9-7-15(8-10-23)20-12-14-3-5-16(24-2)6-4-14/h3-6,11,15,20H,7-10,12H2,1-2H3,(H2,19,21,22). The Bertz CT molecular complexity index is 645. The molecule has 1 aliphatic rings. The highest BCUT2D eigenvalue weighted by Gasteiger charge is 2.20. The Morgan fingerprint density at radius 2 is 1.92 bits per heavy atom. The first-order valence-corrected chi connectivity index (χ1v) is 9.59. The van der Waals surface area contributed by atoms with Gasteiger partial charge in [-0.1, -0.05) is 12.1 Å². The number of nitrogens with two attached hydrogens (primary N) is 1. The number of aryl methyl sites for hydroxylation is 1. The second kappa shape index (κ2) is 7.85. The summed E-state index contributed by atoms with van der Waals surface area (Å²) in [6.45, 7) is 4.88. The van der Waals surface area contributed by atoms with Crippen LogP contribution in [0, 0.1) is 6.92 Å². The molecule has 0 atom stereocenters. The van der Waals surface area contributed by atoms with Gasteiger partial charge in [0.15, 0.2) is 0 Å². The molecular formula is C18H25N5S. The number of nitrogens with one attached hydrogen (secondary N) is 1. The van der Waals surface area contributed by atoms with Crippen molar-refractivity contribution in [2.75, 3.05) is 30.0 Å². The largest absolute Gasteiger partial charge is 0.368 e. The number of piperidine rings is 1. The monoisotopic (exact) mass is 343 g/mol. The van der Waals surface area contributed by atoms with Gasteiger partial charge in [0, 0.05) is 42.3 Å². The molecule has 1 saturated heterocycles. The molecule has 24 heavy (non-hydrogen) atoms. The highest BCUT2D eigenvalue weighted by atomic mass is 32.2. The maximum absolute atomic E-state index is 5.76. The lowest BCUT2D eigenvalue weighted by Crippen LogP contribution is -2.42. The Kier molecular flexibility index (Phi) is 5.58. The van der Waals surface area contributed by atoms with E-state index in [1.807, 2.05) is 13.0 Å². The molecule has 6 heteroatoms. The first-order chi connectivity index (χ1) is 11.6. The van der Waals surface area contributed by atoms with Crippen LogP contribution in [0.3, 0.4) is 0 Å². The molecule has 0 spiro atoms. The van der Waals surface area contributed by atoms with Gasteiger partial charge in [0.2, 0.25) is 5.95 Å². The molecule has 1 aromatic carbocycles. The third-order valence-electron chi connectivity index (χ3n) is 4.43. The number of rotatable bonds is 5. The van der Waals surface area contributed by atoms with Crippen molar-refractivity contribution in [1.82, 2.24) is 15.3 Å². The average molecular weight is 344 g/mol. The van der Waals surface area contributed by atoms with Gasteiger partial charge in [-0.25, -0.2) is 4.98 Å². The number of hydrogen-bond donors (Lipinski definition) is 2. The molecule has 1 aliphatic heterocycles. The summed E-state index contributed by atoms with van der Waals surface area (Å²) < 4.78 is 0. The van der Waals surface area contributed by atoms with Crippen LogP contribution in [0.25, 0.3) is 0 Å². The van der Waals surface area contributed by atoms with E-state index < -0.39 is 0 Å². The molecule has 3 N–H and O–H groups in total. The van der Waals surface area contributed by atoms with Crippen molar-refractivity contribution >= 4 is 23.5 Å². The van der Waals surface area contributed by atoms with Crippen LogP contribution in [0.15, 0.2) is 35.2 Å². The topological polar surface area (TPSA) is 67.1 Å². The molecule has 0 bridgehead atoms. The summed E-state index contributed by atoms with van der Waals surface area (Å²) in [4.78, 5) is 12.1. The fourth-order valence-corrected chi connectivity index (χ4v) is 3.46. The molecule has 0 amide bonds. The number of anilines is 2. The first kappa shape index (κ1) is 17.0. The number of thioether (sulfide) groups is 1.